The van der Waals surface area contributed by atoms with Crippen LogP contribution in [0.15, 0.2) is 57.9 Å². The zero-order valence-electron chi connectivity index (χ0n) is 9.89. The minimum atomic E-state index is -4.28. The lowest BCUT2D eigenvalue weighted by molar-refractivity contribution is -0.387. The highest BCUT2D eigenvalue weighted by atomic mass is 79.9. The number of para-hydroxylation sites is 2. The first-order valence-corrected chi connectivity index (χ1v) is 7.54. The van der Waals surface area contributed by atoms with E-state index >= 15 is 0 Å². The molecule has 0 amide bonds. The molecule has 0 atom stereocenters. The Morgan fingerprint density at radius 2 is 1.65 bits per heavy atom. The molecule has 0 saturated carbocycles. The second-order valence-electron chi connectivity index (χ2n) is 3.69. The van der Waals surface area contributed by atoms with E-state index in [0.717, 1.165) is 12.1 Å². The molecule has 0 fully saturated rings. The standard InChI is InChI=1S/C12H8BrNO5S/c13-9-5-1-3-7-11(9)19-20(17,18)12-8-4-2-6-10(12)14(15)16/h1-8H. The van der Waals surface area contributed by atoms with E-state index in [-0.39, 0.29) is 5.75 Å². The van der Waals surface area contributed by atoms with Crippen LogP contribution >= 0.6 is 15.9 Å². The molecule has 2 aromatic carbocycles. The maximum Gasteiger partial charge on any atom is 0.346 e. The summed E-state index contributed by atoms with van der Waals surface area (Å²) in [5, 5.41) is 10.9. The molecule has 0 N–H and O–H groups in total. The van der Waals surface area contributed by atoms with Gasteiger partial charge in [-0.25, -0.2) is 0 Å². The monoisotopic (exact) mass is 357 g/mol. The van der Waals surface area contributed by atoms with E-state index in [1.807, 2.05) is 0 Å². The predicted octanol–water partition coefficient (Wildman–Crippen LogP) is 3.13. The molecule has 0 unspecified atom stereocenters. The zero-order valence-corrected chi connectivity index (χ0v) is 12.3. The fourth-order valence-corrected chi connectivity index (χ4v) is 3.08. The Morgan fingerprint density at radius 1 is 1.05 bits per heavy atom. The number of hydrogen-bond donors (Lipinski definition) is 0. The van der Waals surface area contributed by atoms with Crippen LogP contribution in [0.3, 0.4) is 0 Å². The molecule has 0 aromatic heterocycles. The van der Waals surface area contributed by atoms with E-state index in [1.165, 1.54) is 18.2 Å². The topological polar surface area (TPSA) is 86.5 Å². The van der Waals surface area contributed by atoms with Crippen molar-refractivity contribution in [2.24, 2.45) is 0 Å². The van der Waals surface area contributed by atoms with Gasteiger partial charge in [0.15, 0.2) is 10.6 Å². The first kappa shape index (κ1) is 14.5. The number of benzene rings is 2. The van der Waals surface area contributed by atoms with Crippen LogP contribution in [0.25, 0.3) is 0 Å². The van der Waals surface area contributed by atoms with Crippen LogP contribution in [-0.2, 0) is 10.1 Å². The SMILES string of the molecule is O=[N+]([O-])c1ccccc1S(=O)(=O)Oc1ccccc1Br. The molecule has 0 aliphatic heterocycles. The average Bonchev–Trinajstić information content (AvgIpc) is 2.41. The van der Waals surface area contributed by atoms with Gasteiger partial charge in [-0.3, -0.25) is 10.1 Å². The van der Waals surface area contributed by atoms with E-state index in [0.29, 0.717) is 4.47 Å². The van der Waals surface area contributed by atoms with Crippen LogP contribution < -0.4 is 4.18 Å². The third kappa shape index (κ3) is 2.97. The van der Waals surface area contributed by atoms with Gasteiger partial charge in [0.2, 0.25) is 0 Å². The lowest BCUT2D eigenvalue weighted by Crippen LogP contribution is -2.12. The summed E-state index contributed by atoms with van der Waals surface area (Å²) < 4.78 is 29.6. The van der Waals surface area contributed by atoms with Gasteiger partial charge in [-0.15, -0.1) is 0 Å². The highest BCUT2D eigenvalue weighted by Gasteiger charge is 2.27. The molecule has 6 nitrogen and oxygen atoms in total. The Balaban J connectivity index is 2.47. The van der Waals surface area contributed by atoms with Gasteiger partial charge in [0.25, 0.3) is 5.69 Å². The van der Waals surface area contributed by atoms with Gasteiger partial charge in [-0.1, -0.05) is 24.3 Å². The first-order valence-electron chi connectivity index (χ1n) is 5.34. The van der Waals surface area contributed by atoms with Gasteiger partial charge in [0.1, 0.15) is 0 Å². The van der Waals surface area contributed by atoms with Crippen molar-refractivity contribution < 1.29 is 17.5 Å². The molecule has 0 spiro atoms. The van der Waals surface area contributed by atoms with Crippen LogP contribution in [0.5, 0.6) is 5.75 Å². The summed E-state index contributed by atoms with van der Waals surface area (Å²) in [7, 11) is -4.28. The average molecular weight is 358 g/mol. The summed E-state index contributed by atoms with van der Waals surface area (Å²) in [6.45, 7) is 0. The molecule has 0 aliphatic rings. The third-order valence-electron chi connectivity index (χ3n) is 2.37. The molecule has 0 saturated heterocycles. The van der Waals surface area contributed by atoms with Gasteiger partial charge in [0, 0.05) is 6.07 Å². The molecular weight excluding hydrogens is 350 g/mol. The molecule has 20 heavy (non-hydrogen) atoms. The molecule has 104 valence electrons. The van der Waals surface area contributed by atoms with E-state index in [1.54, 1.807) is 18.2 Å². The van der Waals surface area contributed by atoms with Crippen LogP contribution in [0, 0.1) is 10.1 Å². The highest BCUT2D eigenvalue weighted by Crippen LogP contribution is 2.30. The maximum atomic E-state index is 12.1. The van der Waals surface area contributed by atoms with Crippen molar-refractivity contribution in [2.75, 3.05) is 0 Å². The number of nitrogens with zero attached hydrogens (tertiary/aromatic N) is 1. The van der Waals surface area contributed by atoms with Crippen molar-refractivity contribution >= 4 is 31.7 Å². The predicted molar refractivity (Wildman–Crippen MR) is 75.1 cm³/mol. The Bertz CT molecular complexity index is 760. The number of halogens is 1. The molecule has 0 aliphatic carbocycles. The Hall–Kier alpha value is -1.93. The summed E-state index contributed by atoms with van der Waals surface area (Å²) in [5.74, 6) is 0.0608. The molecule has 2 aromatic rings. The van der Waals surface area contributed by atoms with E-state index < -0.39 is 25.6 Å². The largest absolute Gasteiger partial charge is 0.378 e. The van der Waals surface area contributed by atoms with Gasteiger partial charge < -0.3 is 4.18 Å². The molecular formula is C12H8BrNO5S. The Morgan fingerprint density at radius 3 is 2.30 bits per heavy atom. The molecule has 0 radical (unpaired) electrons. The van der Waals surface area contributed by atoms with Gasteiger partial charge in [-0.2, -0.15) is 8.42 Å². The maximum absolute atomic E-state index is 12.1. The summed E-state index contributed by atoms with van der Waals surface area (Å²) in [5.41, 5.74) is -0.528. The minimum Gasteiger partial charge on any atom is -0.378 e. The number of rotatable bonds is 4. The fourth-order valence-electron chi connectivity index (χ4n) is 1.49. The van der Waals surface area contributed by atoms with E-state index in [9.17, 15) is 18.5 Å². The van der Waals surface area contributed by atoms with Crippen LogP contribution in [0.2, 0.25) is 0 Å². The summed E-state index contributed by atoms with van der Waals surface area (Å²) in [6, 6.07) is 11.3. The lowest BCUT2D eigenvalue weighted by Gasteiger charge is -2.08. The summed E-state index contributed by atoms with van der Waals surface area (Å²) in [4.78, 5) is 9.61. The van der Waals surface area contributed by atoms with Crippen LogP contribution in [-0.4, -0.2) is 13.3 Å². The normalized spacial score (nSPS) is 11.1. The quantitative estimate of drug-likeness (QED) is 0.476. The second kappa shape index (κ2) is 5.59. The number of nitro groups is 1. The minimum absolute atomic E-state index is 0.0608. The van der Waals surface area contributed by atoms with Crippen molar-refractivity contribution in [2.45, 2.75) is 4.90 Å². The van der Waals surface area contributed by atoms with Crippen LogP contribution in [0.1, 0.15) is 0 Å². The number of nitro benzene ring substituents is 1. The fraction of sp³-hybridized carbons (Fsp3) is 0. The highest BCUT2D eigenvalue weighted by molar-refractivity contribution is 9.10. The summed E-state index contributed by atoms with van der Waals surface area (Å²) >= 11 is 3.15. The third-order valence-corrected chi connectivity index (χ3v) is 4.31. The van der Waals surface area contributed by atoms with Crippen molar-refractivity contribution in [3.63, 3.8) is 0 Å². The molecule has 8 heteroatoms. The zero-order chi connectivity index (χ0) is 14.8. The lowest BCUT2D eigenvalue weighted by atomic mass is 10.3. The Labute approximate surface area is 123 Å². The van der Waals surface area contributed by atoms with E-state index in [4.69, 9.17) is 4.18 Å². The summed E-state index contributed by atoms with van der Waals surface area (Å²) in [6.07, 6.45) is 0. The number of hydrogen-bond acceptors (Lipinski definition) is 5. The van der Waals surface area contributed by atoms with Crippen molar-refractivity contribution in [3.05, 3.63) is 63.1 Å². The van der Waals surface area contributed by atoms with E-state index in [2.05, 4.69) is 15.9 Å². The first-order chi connectivity index (χ1) is 9.42. The Kier molecular flexibility index (Phi) is 4.05. The van der Waals surface area contributed by atoms with Crippen molar-refractivity contribution in [3.8, 4) is 5.75 Å². The van der Waals surface area contributed by atoms with Gasteiger partial charge >= 0.3 is 10.1 Å². The molecule has 0 bridgehead atoms. The van der Waals surface area contributed by atoms with Crippen molar-refractivity contribution in [1.82, 2.24) is 0 Å². The molecule has 2 rings (SSSR count). The van der Waals surface area contributed by atoms with Crippen LogP contribution in [0.4, 0.5) is 5.69 Å². The smallest absolute Gasteiger partial charge is 0.346 e. The second-order valence-corrected chi connectivity index (χ2v) is 6.06. The molecule has 0 heterocycles. The van der Waals surface area contributed by atoms with Crippen molar-refractivity contribution in [1.29, 1.82) is 0 Å². The van der Waals surface area contributed by atoms with Gasteiger partial charge in [-0.05, 0) is 34.1 Å². The van der Waals surface area contributed by atoms with Gasteiger partial charge in [0.05, 0.1) is 9.40 Å².